The maximum Gasteiger partial charge on any atom is 0.193 e. The third-order valence-corrected chi connectivity index (χ3v) is 7.47. The molecule has 5 heterocycles. The first-order chi connectivity index (χ1) is 15.6. The summed E-state index contributed by atoms with van der Waals surface area (Å²) < 4.78 is 7.76. The minimum absolute atomic E-state index is 0.00126. The number of nitrogens with one attached hydrogen (secondary N) is 1. The van der Waals surface area contributed by atoms with E-state index in [-0.39, 0.29) is 12.1 Å². The normalized spacial score (nSPS) is 21.8. The average Bonchev–Trinajstić information content (AvgIpc) is 3.52. The molecule has 0 spiro atoms. The van der Waals surface area contributed by atoms with Gasteiger partial charge in [0.05, 0.1) is 31.0 Å². The number of pyridine rings is 1. The van der Waals surface area contributed by atoms with Crippen LogP contribution in [0.2, 0.25) is 0 Å². The first-order valence-electron chi connectivity index (χ1n) is 11.0. The van der Waals surface area contributed by atoms with Gasteiger partial charge in [0.2, 0.25) is 0 Å². The van der Waals surface area contributed by atoms with Crippen molar-refractivity contribution < 1.29 is 4.74 Å². The molecule has 2 fully saturated rings. The number of aromatic nitrogens is 3. The van der Waals surface area contributed by atoms with E-state index in [1.807, 2.05) is 29.9 Å². The molecule has 2 aliphatic rings. The summed E-state index contributed by atoms with van der Waals surface area (Å²) in [6.45, 7) is 9.70. The van der Waals surface area contributed by atoms with Crippen molar-refractivity contribution in [2.75, 3.05) is 39.4 Å². The largest absolute Gasteiger partial charge is 0.379 e. The summed E-state index contributed by atoms with van der Waals surface area (Å²) in [5, 5.41) is 7.38. The Bertz CT molecular complexity index is 1060. The highest BCUT2D eigenvalue weighted by Gasteiger charge is 2.41. The number of nitrogens with zero attached hydrogens (tertiary/aromatic N) is 5. The number of hydrogen-bond donors (Lipinski definition) is 1. The van der Waals surface area contributed by atoms with Gasteiger partial charge in [-0.2, -0.15) is 0 Å². The molecule has 0 amide bonds. The fourth-order valence-corrected chi connectivity index (χ4v) is 5.85. The molecule has 1 N–H and O–H groups in total. The molecule has 3 aromatic heterocycles. The molecular formula is C23H28N6OS2. The van der Waals surface area contributed by atoms with Crippen molar-refractivity contribution >= 4 is 28.7 Å². The Kier molecular flexibility index (Phi) is 6.23. The summed E-state index contributed by atoms with van der Waals surface area (Å²) in [5.41, 5.74) is 4.65. The van der Waals surface area contributed by atoms with Crippen molar-refractivity contribution in [2.45, 2.75) is 25.9 Å². The number of thiocarbonyl (C=S) groups is 1. The molecule has 0 aromatic carbocycles. The second-order valence-corrected chi connectivity index (χ2v) is 9.51. The lowest BCUT2D eigenvalue weighted by molar-refractivity contribution is 0.0350. The quantitative estimate of drug-likeness (QED) is 0.557. The standard InChI is InChI=1S/C23H28N6OS2/c1-16-15-18(17(2)29(16)23-25-7-14-32-23)21-20(19-5-3-4-6-24-19)26-22(31)28(21)9-8-27-10-12-30-13-11-27/h3-7,14-15,20-21H,8-13H2,1-2H3,(H,26,31)/t20-,21+/m0/s1. The molecule has 0 bridgehead atoms. The van der Waals surface area contributed by atoms with E-state index in [1.54, 1.807) is 11.3 Å². The Morgan fingerprint density at radius 1 is 1.16 bits per heavy atom. The van der Waals surface area contributed by atoms with E-state index in [4.69, 9.17) is 17.0 Å². The van der Waals surface area contributed by atoms with Gasteiger partial charge in [0.25, 0.3) is 0 Å². The molecule has 32 heavy (non-hydrogen) atoms. The molecule has 2 saturated heterocycles. The summed E-state index contributed by atoms with van der Waals surface area (Å²) in [6, 6.07) is 8.43. The maximum atomic E-state index is 5.85. The third kappa shape index (κ3) is 4.05. The van der Waals surface area contributed by atoms with Crippen LogP contribution in [0.25, 0.3) is 5.13 Å². The smallest absolute Gasteiger partial charge is 0.193 e. The van der Waals surface area contributed by atoms with Crippen LogP contribution in [0, 0.1) is 13.8 Å². The predicted octanol–water partition coefficient (Wildman–Crippen LogP) is 3.25. The van der Waals surface area contributed by atoms with Crippen LogP contribution in [-0.2, 0) is 4.74 Å². The van der Waals surface area contributed by atoms with Gasteiger partial charge in [0, 0.05) is 55.3 Å². The van der Waals surface area contributed by atoms with Gasteiger partial charge in [-0.05, 0) is 49.8 Å². The SMILES string of the molecule is Cc1cc([C@@H]2[C@H](c3ccccn3)NC(=S)N2CCN2CCOCC2)c(C)n1-c1nccs1. The van der Waals surface area contributed by atoms with Gasteiger partial charge in [0.15, 0.2) is 10.2 Å². The van der Waals surface area contributed by atoms with Gasteiger partial charge in [-0.1, -0.05) is 6.07 Å². The fraction of sp³-hybridized carbons (Fsp3) is 0.435. The number of hydrogen-bond acceptors (Lipinski definition) is 6. The van der Waals surface area contributed by atoms with E-state index in [2.05, 4.69) is 55.6 Å². The molecule has 2 atom stereocenters. The van der Waals surface area contributed by atoms with Gasteiger partial charge in [0.1, 0.15) is 0 Å². The lowest BCUT2D eigenvalue weighted by atomic mass is 9.97. The molecule has 3 aromatic rings. The predicted molar refractivity (Wildman–Crippen MR) is 130 cm³/mol. The van der Waals surface area contributed by atoms with E-state index < -0.39 is 0 Å². The monoisotopic (exact) mass is 468 g/mol. The first-order valence-corrected chi connectivity index (χ1v) is 12.3. The van der Waals surface area contributed by atoms with Crippen molar-refractivity contribution in [3.63, 3.8) is 0 Å². The molecule has 0 radical (unpaired) electrons. The highest BCUT2D eigenvalue weighted by molar-refractivity contribution is 7.80. The van der Waals surface area contributed by atoms with Crippen LogP contribution in [0.5, 0.6) is 0 Å². The molecule has 9 heteroatoms. The minimum Gasteiger partial charge on any atom is -0.379 e. The zero-order valence-electron chi connectivity index (χ0n) is 18.4. The molecule has 2 aliphatic heterocycles. The topological polar surface area (TPSA) is 58.5 Å². The fourth-order valence-electron chi connectivity index (χ4n) is 4.77. The van der Waals surface area contributed by atoms with Gasteiger partial charge in [-0.25, -0.2) is 4.98 Å². The molecule has 0 saturated carbocycles. The van der Waals surface area contributed by atoms with Gasteiger partial charge in [-0.15, -0.1) is 11.3 Å². The van der Waals surface area contributed by atoms with Gasteiger partial charge < -0.3 is 15.0 Å². The molecule has 0 unspecified atom stereocenters. The maximum absolute atomic E-state index is 5.85. The van der Waals surface area contributed by atoms with Crippen LogP contribution < -0.4 is 5.32 Å². The summed E-state index contributed by atoms with van der Waals surface area (Å²) in [7, 11) is 0. The Labute approximate surface area is 198 Å². The third-order valence-electron chi connectivity index (χ3n) is 6.36. The van der Waals surface area contributed by atoms with Crippen molar-refractivity contribution in [3.8, 4) is 5.13 Å². The van der Waals surface area contributed by atoms with Gasteiger partial charge >= 0.3 is 0 Å². The first kappa shape index (κ1) is 21.5. The zero-order chi connectivity index (χ0) is 22.1. The van der Waals surface area contributed by atoms with Crippen LogP contribution in [0.15, 0.2) is 42.0 Å². The van der Waals surface area contributed by atoms with Crippen molar-refractivity contribution in [2.24, 2.45) is 0 Å². The lowest BCUT2D eigenvalue weighted by Gasteiger charge is -2.32. The van der Waals surface area contributed by atoms with Crippen molar-refractivity contribution in [3.05, 3.63) is 64.7 Å². The molecule has 5 rings (SSSR count). The zero-order valence-corrected chi connectivity index (χ0v) is 20.0. The summed E-state index contributed by atoms with van der Waals surface area (Å²) >= 11 is 7.50. The molecule has 168 valence electrons. The second-order valence-electron chi connectivity index (χ2n) is 8.25. The van der Waals surface area contributed by atoms with Crippen LogP contribution in [-0.4, -0.2) is 68.8 Å². The number of thiazole rings is 1. The van der Waals surface area contributed by atoms with E-state index in [1.165, 1.54) is 17.0 Å². The van der Waals surface area contributed by atoms with Crippen LogP contribution in [0.3, 0.4) is 0 Å². The Balaban J connectivity index is 1.51. The second kappa shape index (κ2) is 9.27. The van der Waals surface area contributed by atoms with E-state index in [0.717, 1.165) is 55.3 Å². The van der Waals surface area contributed by atoms with Gasteiger partial charge in [-0.3, -0.25) is 14.5 Å². The average molecular weight is 469 g/mol. The highest BCUT2D eigenvalue weighted by atomic mass is 32.1. The number of aryl methyl sites for hydroxylation is 1. The number of morpholine rings is 1. The Morgan fingerprint density at radius 2 is 2.00 bits per heavy atom. The van der Waals surface area contributed by atoms with E-state index >= 15 is 0 Å². The molecular weight excluding hydrogens is 440 g/mol. The lowest BCUT2D eigenvalue weighted by Crippen LogP contribution is -2.42. The Morgan fingerprint density at radius 3 is 2.72 bits per heavy atom. The Hall–Kier alpha value is -2.33. The summed E-state index contributed by atoms with van der Waals surface area (Å²) in [4.78, 5) is 14.0. The minimum atomic E-state index is -0.00126. The molecule has 0 aliphatic carbocycles. The highest BCUT2D eigenvalue weighted by Crippen LogP contribution is 2.41. The summed E-state index contributed by atoms with van der Waals surface area (Å²) in [5.74, 6) is 0. The van der Waals surface area contributed by atoms with Crippen molar-refractivity contribution in [1.82, 2.24) is 29.7 Å². The number of rotatable bonds is 6. The van der Waals surface area contributed by atoms with Crippen LogP contribution >= 0.6 is 23.6 Å². The van der Waals surface area contributed by atoms with Crippen LogP contribution in [0.4, 0.5) is 0 Å². The van der Waals surface area contributed by atoms with Crippen LogP contribution in [0.1, 0.15) is 34.7 Å². The van der Waals surface area contributed by atoms with Crippen molar-refractivity contribution in [1.29, 1.82) is 0 Å². The molecule has 7 nitrogen and oxygen atoms in total. The summed E-state index contributed by atoms with van der Waals surface area (Å²) in [6.07, 6.45) is 3.71. The van der Waals surface area contributed by atoms with E-state index in [0.29, 0.717) is 0 Å². The van der Waals surface area contributed by atoms with E-state index in [9.17, 15) is 0 Å². The number of ether oxygens (including phenoxy) is 1.